The maximum atomic E-state index is 12.7. The fourth-order valence-corrected chi connectivity index (χ4v) is 6.16. The Morgan fingerprint density at radius 1 is 0.952 bits per heavy atom. The van der Waals surface area contributed by atoms with Crippen molar-refractivity contribution in [1.29, 1.82) is 0 Å². The highest BCUT2D eigenvalue weighted by molar-refractivity contribution is 5.88. The summed E-state index contributed by atoms with van der Waals surface area (Å²) in [6.07, 6.45) is 16.6. The molecule has 0 radical (unpaired) electrons. The molecule has 0 bridgehead atoms. The molecule has 1 aromatic carbocycles. The molecule has 1 heterocycles. The van der Waals surface area contributed by atoms with Gasteiger partial charge in [0, 0.05) is 35.5 Å². The van der Waals surface area contributed by atoms with E-state index in [1.165, 1.54) is 49.0 Å². The molecule has 1 fully saturated rings. The van der Waals surface area contributed by atoms with Crippen molar-refractivity contribution < 1.29 is 19.5 Å². The van der Waals surface area contributed by atoms with Crippen LogP contribution in [0.1, 0.15) is 90.2 Å². The Labute approximate surface area is 250 Å². The normalized spacial score (nSPS) is 20.9. The molecular formula is C34H46N4O4. The first-order chi connectivity index (χ1) is 20.0. The summed E-state index contributed by atoms with van der Waals surface area (Å²) >= 11 is 0. The van der Waals surface area contributed by atoms with Crippen LogP contribution in [0.3, 0.4) is 0 Å². The molecule has 0 spiro atoms. The number of carboxylic acids is 1. The van der Waals surface area contributed by atoms with Gasteiger partial charge in [-0.15, -0.1) is 0 Å². The zero-order valence-electron chi connectivity index (χ0n) is 25.6. The third-order valence-electron chi connectivity index (χ3n) is 8.96. The van der Waals surface area contributed by atoms with Crippen LogP contribution in [0.15, 0.2) is 42.7 Å². The number of rotatable bonds is 10. The highest BCUT2D eigenvalue weighted by Crippen LogP contribution is 2.41. The van der Waals surface area contributed by atoms with Gasteiger partial charge in [-0.05, 0) is 61.0 Å². The second-order valence-electron chi connectivity index (χ2n) is 13.0. The third-order valence-corrected chi connectivity index (χ3v) is 8.96. The molecule has 1 atom stereocenters. The van der Waals surface area contributed by atoms with Crippen LogP contribution in [0.2, 0.25) is 0 Å². The SMILES string of the molecule is CC[C@H]1CC[C@H](C2CC=C(c3cnc(-c4ccc(CN(CC(=O)O)C(=O)CNC(=O)C(C)(C)C)cc4)nc3)CC2)CC1. The highest BCUT2D eigenvalue weighted by Gasteiger charge is 2.28. The van der Waals surface area contributed by atoms with E-state index in [4.69, 9.17) is 0 Å². The van der Waals surface area contributed by atoms with Gasteiger partial charge >= 0.3 is 5.97 Å². The van der Waals surface area contributed by atoms with Crippen LogP contribution >= 0.6 is 0 Å². The number of benzene rings is 1. The van der Waals surface area contributed by atoms with E-state index >= 15 is 0 Å². The average Bonchev–Trinajstić information content (AvgIpc) is 2.99. The largest absolute Gasteiger partial charge is 0.480 e. The Morgan fingerprint density at radius 3 is 2.17 bits per heavy atom. The molecule has 2 N–H and O–H groups in total. The van der Waals surface area contributed by atoms with Gasteiger partial charge in [0.2, 0.25) is 11.8 Å². The van der Waals surface area contributed by atoms with Crippen LogP contribution < -0.4 is 5.32 Å². The van der Waals surface area contributed by atoms with Crippen molar-refractivity contribution >= 4 is 23.4 Å². The lowest BCUT2D eigenvalue weighted by atomic mass is 9.71. The Bertz CT molecular complexity index is 1260. The van der Waals surface area contributed by atoms with Crippen molar-refractivity contribution in [1.82, 2.24) is 20.2 Å². The fourth-order valence-electron chi connectivity index (χ4n) is 6.16. The van der Waals surface area contributed by atoms with Crippen molar-refractivity contribution in [3.8, 4) is 11.4 Å². The van der Waals surface area contributed by atoms with Gasteiger partial charge in [-0.2, -0.15) is 0 Å². The van der Waals surface area contributed by atoms with E-state index in [1.807, 2.05) is 36.7 Å². The third kappa shape index (κ3) is 8.49. The number of carbonyl (C=O) groups excluding carboxylic acids is 2. The first-order valence-electron chi connectivity index (χ1n) is 15.4. The van der Waals surface area contributed by atoms with Crippen molar-refractivity contribution in [3.05, 3.63) is 53.9 Å². The molecule has 8 nitrogen and oxygen atoms in total. The van der Waals surface area contributed by atoms with E-state index in [0.717, 1.165) is 47.3 Å². The summed E-state index contributed by atoms with van der Waals surface area (Å²) < 4.78 is 0. The molecule has 226 valence electrons. The first-order valence-corrected chi connectivity index (χ1v) is 15.4. The second-order valence-corrected chi connectivity index (χ2v) is 13.0. The number of nitrogens with zero attached hydrogens (tertiary/aromatic N) is 3. The number of allylic oxidation sites excluding steroid dienone is 2. The van der Waals surface area contributed by atoms with Crippen molar-refractivity contribution in [3.63, 3.8) is 0 Å². The van der Waals surface area contributed by atoms with Gasteiger partial charge in [-0.3, -0.25) is 14.4 Å². The fraction of sp³-hybridized carbons (Fsp3) is 0.559. The smallest absolute Gasteiger partial charge is 0.323 e. The van der Waals surface area contributed by atoms with Gasteiger partial charge < -0.3 is 15.3 Å². The average molecular weight is 575 g/mol. The number of nitrogens with one attached hydrogen (secondary N) is 1. The molecule has 2 amide bonds. The topological polar surface area (TPSA) is 112 Å². The van der Waals surface area contributed by atoms with E-state index in [-0.39, 0.29) is 19.0 Å². The van der Waals surface area contributed by atoms with Crippen LogP contribution in [0.4, 0.5) is 0 Å². The lowest BCUT2D eigenvalue weighted by Gasteiger charge is -2.35. The van der Waals surface area contributed by atoms with Gasteiger partial charge in [-0.1, -0.05) is 77.3 Å². The van der Waals surface area contributed by atoms with E-state index in [0.29, 0.717) is 5.82 Å². The van der Waals surface area contributed by atoms with Gasteiger partial charge in [0.1, 0.15) is 6.54 Å². The molecule has 42 heavy (non-hydrogen) atoms. The molecule has 0 aliphatic heterocycles. The Balaban J connectivity index is 1.33. The maximum Gasteiger partial charge on any atom is 0.323 e. The van der Waals surface area contributed by atoms with Gasteiger partial charge in [0.15, 0.2) is 5.82 Å². The van der Waals surface area contributed by atoms with Gasteiger partial charge in [0.05, 0.1) is 6.54 Å². The van der Waals surface area contributed by atoms with Crippen molar-refractivity contribution in [2.75, 3.05) is 13.1 Å². The minimum atomic E-state index is -1.11. The summed E-state index contributed by atoms with van der Waals surface area (Å²) in [6, 6.07) is 7.46. The van der Waals surface area contributed by atoms with Crippen molar-refractivity contribution in [2.45, 2.75) is 85.6 Å². The molecule has 1 saturated carbocycles. The van der Waals surface area contributed by atoms with E-state index in [9.17, 15) is 19.5 Å². The molecule has 0 saturated heterocycles. The van der Waals surface area contributed by atoms with E-state index < -0.39 is 23.8 Å². The molecule has 8 heteroatoms. The van der Waals surface area contributed by atoms with Crippen LogP contribution in [0.5, 0.6) is 0 Å². The second kappa shape index (κ2) is 14.1. The maximum absolute atomic E-state index is 12.7. The summed E-state index contributed by atoms with van der Waals surface area (Å²) in [5.41, 5.74) is 3.41. The minimum absolute atomic E-state index is 0.117. The summed E-state index contributed by atoms with van der Waals surface area (Å²) in [5.74, 6) is 1.43. The number of carbonyl (C=O) groups is 3. The number of carboxylic acid groups (broad SMARTS) is 1. The Morgan fingerprint density at radius 2 is 1.62 bits per heavy atom. The quantitative estimate of drug-likeness (QED) is 0.354. The number of hydrogen-bond acceptors (Lipinski definition) is 5. The molecule has 4 rings (SSSR count). The number of amides is 2. The van der Waals surface area contributed by atoms with E-state index in [1.54, 1.807) is 20.8 Å². The first kappa shape index (κ1) is 31.4. The predicted octanol–water partition coefficient (Wildman–Crippen LogP) is 6.12. The monoisotopic (exact) mass is 574 g/mol. The number of aliphatic carboxylic acids is 1. The molecular weight excluding hydrogens is 528 g/mol. The lowest BCUT2D eigenvalue weighted by Crippen LogP contribution is -2.44. The summed E-state index contributed by atoms with van der Waals surface area (Å²) in [5, 5.41) is 11.9. The van der Waals surface area contributed by atoms with Crippen LogP contribution in [0, 0.1) is 23.2 Å². The highest BCUT2D eigenvalue weighted by atomic mass is 16.4. The zero-order valence-corrected chi connectivity index (χ0v) is 25.6. The molecule has 2 aliphatic carbocycles. The zero-order chi connectivity index (χ0) is 30.3. The van der Waals surface area contributed by atoms with Gasteiger partial charge in [-0.25, -0.2) is 9.97 Å². The number of aromatic nitrogens is 2. The summed E-state index contributed by atoms with van der Waals surface area (Å²) in [6.45, 7) is 6.99. The minimum Gasteiger partial charge on any atom is -0.480 e. The Hall–Kier alpha value is -3.55. The predicted molar refractivity (Wildman–Crippen MR) is 164 cm³/mol. The standard InChI is InChI=1S/C34H46N4O4/c1-5-23-6-10-25(11-7-23)26-14-16-27(17-15-26)29-18-35-32(36-19-29)28-12-8-24(9-13-28)21-38(22-31(40)41)30(39)20-37-33(42)34(2,3)4/h8-9,12-13,16,18-19,23,25-26H,5-7,10-11,14-15,17,20-22H2,1-4H3,(H,37,42)(H,40,41)/t23-,25-,26?. The lowest BCUT2D eigenvalue weighted by molar-refractivity contribution is -0.145. The molecule has 2 aromatic rings. The number of hydrogen-bond donors (Lipinski definition) is 2. The molecule has 1 unspecified atom stereocenters. The Kier molecular flexibility index (Phi) is 10.5. The molecule has 2 aliphatic rings. The summed E-state index contributed by atoms with van der Waals surface area (Å²) in [4.78, 5) is 46.7. The summed E-state index contributed by atoms with van der Waals surface area (Å²) in [7, 11) is 0. The van der Waals surface area contributed by atoms with Crippen LogP contribution in [0.25, 0.3) is 17.0 Å². The van der Waals surface area contributed by atoms with Gasteiger partial charge in [0.25, 0.3) is 0 Å². The van der Waals surface area contributed by atoms with Crippen molar-refractivity contribution in [2.24, 2.45) is 23.2 Å². The van der Waals surface area contributed by atoms with Crippen LogP contribution in [-0.2, 0) is 20.9 Å². The molecule has 1 aromatic heterocycles. The van der Waals surface area contributed by atoms with E-state index in [2.05, 4.69) is 28.3 Å². The van der Waals surface area contributed by atoms with Crippen LogP contribution in [-0.4, -0.2) is 50.8 Å².